The Bertz CT molecular complexity index is 667. The minimum absolute atomic E-state index is 0.0705. The van der Waals surface area contributed by atoms with Crippen LogP contribution in [0, 0.1) is 19.8 Å². The zero-order chi connectivity index (χ0) is 18.0. The van der Waals surface area contributed by atoms with Crippen LogP contribution in [0.5, 0.6) is 0 Å². The maximum atomic E-state index is 12.6. The van der Waals surface area contributed by atoms with E-state index in [9.17, 15) is 14.4 Å². The lowest BCUT2D eigenvalue weighted by molar-refractivity contribution is -0.145. The van der Waals surface area contributed by atoms with Gasteiger partial charge in [0.2, 0.25) is 5.91 Å². The van der Waals surface area contributed by atoms with E-state index in [1.54, 1.807) is 25.7 Å². The Balaban J connectivity index is 2.03. The van der Waals surface area contributed by atoms with Gasteiger partial charge in [-0.1, -0.05) is 0 Å². The molecule has 8 nitrogen and oxygen atoms in total. The summed E-state index contributed by atoms with van der Waals surface area (Å²) in [5.41, 5.74) is 1.89. The van der Waals surface area contributed by atoms with Crippen molar-refractivity contribution < 1.29 is 19.5 Å². The lowest BCUT2D eigenvalue weighted by Crippen LogP contribution is -2.47. The second kappa shape index (κ2) is 7.02. The molecular formula is C16H24N4O4. The Morgan fingerprint density at radius 1 is 1.33 bits per heavy atom. The molecule has 1 aromatic heterocycles. The molecule has 0 radical (unpaired) electrons. The molecule has 0 unspecified atom stereocenters. The number of rotatable bonds is 4. The molecule has 0 bridgehead atoms. The highest BCUT2D eigenvalue weighted by Gasteiger charge is 2.29. The normalized spacial score (nSPS) is 17.7. The molecule has 0 spiro atoms. The third-order valence-corrected chi connectivity index (χ3v) is 4.57. The standard InChI is InChI=1S/C16H24N4O4/c1-10-14(11(2)19(4)17-10)15(22)18(3)9-13(21)20-7-5-6-12(8-20)16(23)24/h12H,5-9H2,1-4H3,(H,23,24)/t12-/m0/s1. The summed E-state index contributed by atoms with van der Waals surface area (Å²) in [4.78, 5) is 39.0. The van der Waals surface area contributed by atoms with Crippen LogP contribution in [0.15, 0.2) is 0 Å². The van der Waals surface area contributed by atoms with Crippen molar-refractivity contribution in [1.82, 2.24) is 19.6 Å². The number of hydrogen-bond acceptors (Lipinski definition) is 4. The number of carbonyl (C=O) groups is 3. The molecule has 8 heteroatoms. The Hall–Kier alpha value is -2.38. The zero-order valence-corrected chi connectivity index (χ0v) is 14.6. The van der Waals surface area contributed by atoms with Gasteiger partial charge in [-0.05, 0) is 26.7 Å². The maximum Gasteiger partial charge on any atom is 0.308 e. The molecule has 132 valence electrons. The van der Waals surface area contributed by atoms with Gasteiger partial charge in [-0.25, -0.2) is 0 Å². The van der Waals surface area contributed by atoms with E-state index in [0.717, 1.165) is 5.69 Å². The van der Waals surface area contributed by atoms with Crippen molar-refractivity contribution in [3.8, 4) is 0 Å². The molecule has 1 saturated heterocycles. The average Bonchev–Trinajstić information content (AvgIpc) is 2.79. The van der Waals surface area contributed by atoms with Crippen molar-refractivity contribution in [2.75, 3.05) is 26.7 Å². The highest BCUT2D eigenvalue weighted by molar-refractivity contribution is 5.98. The van der Waals surface area contributed by atoms with Crippen molar-refractivity contribution in [1.29, 1.82) is 0 Å². The Morgan fingerprint density at radius 2 is 2.00 bits per heavy atom. The molecule has 2 amide bonds. The van der Waals surface area contributed by atoms with E-state index in [1.165, 1.54) is 9.80 Å². The molecule has 2 rings (SSSR count). The van der Waals surface area contributed by atoms with Crippen LogP contribution in [-0.2, 0) is 16.6 Å². The van der Waals surface area contributed by atoms with Gasteiger partial charge in [-0.3, -0.25) is 19.1 Å². The fourth-order valence-electron chi connectivity index (χ4n) is 3.05. The second-order valence-electron chi connectivity index (χ2n) is 6.35. The molecule has 0 saturated carbocycles. The van der Waals surface area contributed by atoms with Crippen LogP contribution in [0.25, 0.3) is 0 Å². The SMILES string of the molecule is Cc1nn(C)c(C)c1C(=O)N(C)CC(=O)N1CCC[C@H](C(=O)O)C1. The van der Waals surface area contributed by atoms with Crippen LogP contribution in [0.3, 0.4) is 0 Å². The van der Waals surface area contributed by atoms with Crippen molar-refractivity contribution >= 4 is 17.8 Å². The molecule has 1 aromatic rings. The predicted octanol–water partition coefficient (Wildman–Crippen LogP) is 0.432. The topological polar surface area (TPSA) is 95.7 Å². The summed E-state index contributed by atoms with van der Waals surface area (Å²) in [6, 6.07) is 0. The smallest absolute Gasteiger partial charge is 0.308 e. The number of aromatic nitrogens is 2. The minimum atomic E-state index is -0.876. The van der Waals surface area contributed by atoms with Crippen molar-refractivity contribution in [2.45, 2.75) is 26.7 Å². The van der Waals surface area contributed by atoms with Gasteiger partial charge in [-0.2, -0.15) is 5.10 Å². The van der Waals surface area contributed by atoms with Crippen LogP contribution in [0.2, 0.25) is 0 Å². The van der Waals surface area contributed by atoms with Crippen molar-refractivity contribution in [3.05, 3.63) is 17.0 Å². The molecule has 2 heterocycles. The van der Waals surface area contributed by atoms with Gasteiger partial charge in [-0.15, -0.1) is 0 Å². The molecule has 1 fully saturated rings. The molecule has 24 heavy (non-hydrogen) atoms. The first-order valence-corrected chi connectivity index (χ1v) is 7.98. The molecule has 1 atom stereocenters. The zero-order valence-electron chi connectivity index (χ0n) is 14.6. The number of likely N-dealkylation sites (tertiary alicyclic amines) is 1. The fourth-order valence-corrected chi connectivity index (χ4v) is 3.05. The van der Waals surface area contributed by atoms with E-state index in [4.69, 9.17) is 5.11 Å². The van der Waals surface area contributed by atoms with E-state index < -0.39 is 11.9 Å². The van der Waals surface area contributed by atoms with Gasteiger partial charge in [0, 0.05) is 32.9 Å². The summed E-state index contributed by atoms with van der Waals surface area (Å²) in [6.45, 7) is 4.25. The summed E-state index contributed by atoms with van der Waals surface area (Å²) in [6.07, 6.45) is 1.25. The lowest BCUT2D eigenvalue weighted by atomic mass is 9.98. The number of carboxylic acids is 1. The van der Waals surface area contributed by atoms with E-state index in [1.807, 2.05) is 6.92 Å². The number of amides is 2. The van der Waals surface area contributed by atoms with Crippen molar-refractivity contribution in [2.24, 2.45) is 13.0 Å². The van der Waals surface area contributed by atoms with E-state index >= 15 is 0 Å². The summed E-state index contributed by atoms with van der Waals surface area (Å²) in [5.74, 6) is -1.88. The first-order chi connectivity index (χ1) is 11.2. The Labute approximate surface area is 141 Å². The van der Waals surface area contributed by atoms with Crippen LogP contribution in [0.4, 0.5) is 0 Å². The Morgan fingerprint density at radius 3 is 2.54 bits per heavy atom. The van der Waals surface area contributed by atoms with Crippen LogP contribution >= 0.6 is 0 Å². The van der Waals surface area contributed by atoms with Crippen LogP contribution in [-0.4, -0.2) is 69.2 Å². The van der Waals surface area contributed by atoms with Gasteiger partial charge < -0.3 is 14.9 Å². The van der Waals surface area contributed by atoms with Gasteiger partial charge in [0.05, 0.1) is 23.7 Å². The summed E-state index contributed by atoms with van der Waals surface area (Å²) < 4.78 is 1.64. The van der Waals surface area contributed by atoms with Gasteiger partial charge in [0.25, 0.3) is 5.91 Å². The first kappa shape index (κ1) is 18.0. The number of carboxylic acid groups (broad SMARTS) is 1. The summed E-state index contributed by atoms with van der Waals surface area (Å²) in [7, 11) is 3.34. The number of nitrogens with zero attached hydrogens (tertiary/aromatic N) is 4. The molecule has 1 N–H and O–H groups in total. The number of piperidine rings is 1. The molecule has 0 aromatic carbocycles. The van der Waals surface area contributed by atoms with Crippen molar-refractivity contribution in [3.63, 3.8) is 0 Å². The highest BCUT2D eigenvalue weighted by atomic mass is 16.4. The summed E-state index contributed by atoms with van der Waals surface area (Å²) in [5, 5.41) is 13.3. The monoisotopic (exact) mass is 336 g/mol. The minimum Gasteiger partial charge on any atom is -0.481 e. The van der Waals surface area contributed by atoms with E-state index in [-0.39, 0.29) is 24.9 Å². The van der Waals surface area contributed by atoms with Gasteiger partial charge in [0.1, 0.15) is 0 Å². The number of carbonyl (C=O) groups excluding carboxylic acids is 2. The third-order valence-electron chi connectivity index (χ3n) is 4.57. The van der Waals surface area contributed by atoms with Gasteiger partial charge in [0.15, 0.2) is 0 Å². The molecule has 1 aliphatic heterocycles. The highest BCUT2D eigenvalue weighted by Crippen LogP contribution is 2.18. The third kappa shape index (κ3) is 3.58. The summed E-state index contributed by atoms with van der Waals surface area (Å²) >= 11 is 0. The number of hydrogen-bond donors (Lipinski definition) is 1. The predicted molar refractivity (Wildman–Crippen MR) is 86.6 cm³/mol. The maximum absolute atomic E-state index is 12.6. The number of aliphatic carboxylic acids is 1. The Kier molecular flexibility index (Phi) is 5.26. The fraction of sp³-hybridized carbons (Fsp3) is 0.625. The quantitative estimate of drug-likeness (QED) is 0.860. The van der Waals surface area contributed by atoms with Gasteiger partial charge >= 0.3 is 5.97 Å². The first-order valence-electron chi connectivity index (χ1n) is 7.98. The molecule has 0 aliphatic carbocycles. The van der Waals surface area contributed by atoms with E-state index in [0.29, 0.717) is 30.6 Å². The second-order valence-corrected chi connectivity index (χ2v) is 6.35. The number of likely N-dealkylation sites (N-methyl/N-ethyl adjacent to an activating group) is 1. The average molecular weight is 336 g/mol. The lowest BCUT2D eigenvalue weighted by Gasteiger charge is -2.32. The van der Waals surface area contributed by atoms with E-state index in [2.05, 4.69) is 5.10 Å². The number of aryl methyl sites for hydroxylation is 2. The van der Waals surface area contributed by atoms with Crippen LogP contribution < -0.4 is 0 Å². The van der Waals surface area contributed by atoms with Crippen LogP contribution in [0.1, 0.15) is 34.6 Å². The largest absolute Gasteiger partial charge is 0.481 e. The molecule has 1 aliphatic rings. The molecular weight excluding hydrogens is 312 g/mol.